The molecule has 0 spiro atoms. The number of nitrogens with zero attached hydrogens (tertiary/aromatic N) is 4. The number of anilines is 1. The molecule has 0 fully saturated rings. The second kappa shape index (κ2) is 6.09. The van der Waals surface area contributed by atoms with Crippen molar-refractivity contribution in [3.8, 4) is 11.5 Å². The van der Waals surface area contributed by atoms with Crippen LogP contribution in [0.4, 0.5) is 5.69 Å². The summed E-state index contributed by atoms with van der Waals surface area (Å²) in [6, 6.07) is 7.01. The van der Waals surface area contributed by atoms with Crippen LogP contribution >= 0.6 is 11.3 Å². The van der Waals surface area contributed by atoms with E-state index in [0.29, 0.717) is 36.0 Å². The topological polar surface area (TPSA) is 99.8 Å². The Morgan fingerprint density at radius 3 is 2.96 bits per heavy atom. The van der Waals surface area contributed by atoms with E-state index in [2.05, 4.69) is 15.4 Å². The van der Waals surface area contributed by atoms with Gasteiger partial charge < -0.3 is 14.8 Å². The predicted octanol–water partition coefficient (Wildman–Crippen LogP) is 1.52. The fourth-order valence-electron chi connectivity index (χ4n) is 2.93. The van der Waals surface area contributed by atoms with Crippen molar-refractivity contribution in [2.45, 2.75) is 6.54 Å². The lowest BCUT2D eigenvalue weighted by Gasteiger charge is -2.18. The maximum atomic E-state index is 12.5. The number of rotatable bonds is 3. The minimum Gasteiger partial charge on any atom is -0.486 e. The van der Waals surface area contributed by atoms with Gasteiger partial charge in [-0.2, -0.15) is 0 Å². The van der Waals surface area contributed by atoms with Gasteiger partial charge in [0, 0.05) is 11.8 Å². The lowest BCUT2D eigenvalue weighted by atomic mass is 10.2. The summed E-state index contributed by atoms with van der Waals surface area (Å²) in [5.74, 6) is 0.853. The van der Waals surface area contributed by atoms with E-state index in [1.54, 1.807) is 18.2 Å². The molecule has 9 nitrogen and oxygen atoms in total. The molecule has 0 bridgehead atoms. The van der Waals surface area contributed by atoms with Gasteiger partial charge in [0.1, 0.15) is 26.1 Å². The third-order valence-corrected chi connectivity index (χ3v) is 5.05. The number of fused-ring (bicyclic) bond motifs is 4. The highest BCUT2D eigenvalue weighted by atomic mass is 32.1. The molecule has 27 heavy (non-hydrogen) atoms. The minimum atomic E-state index is -0.412. The second-order valence-electron chi connectivity index (χ2n) is 5.92. The van der Waals surface area contributed by atoms with Crippen molar-refractivity contribution in [2.24, 2.45) is 0 Å². The normalized spacial score (nSPS) is 13.2. The summed E-state index contributed by atoms with van der Waals surface area (Å²) >= 11 is 1.45. The molecule has 1 aliphatic heterocycles. The zero-order chi connectivity index (χ0) is 18.4. The molecule has 5 rings (SSSR count). The first-order chi connectivity index (χ1) is 13.2. The van der Waals surface area contributed by atoms with Crippen LogP contribution in [-0.2, 0) is 11.3 Å². The van der Waals surface area contributed by atoms with Crippen LogP contribution in [0.25, 0.3) is 15.9 Å². The van der Waals surface area contributed by atoms with Crippen LogP contribution in [0.3, 0.4) is 0 Å². The molecule has 1 aromatic carbocycles. The van der Waals surface area contributed by atoms with Crippen LogP contribution in [0, 0.1) is 0 Å². The smallest absolute Gasteiger partial charge is 0.352 e. The molecule has 0 radical (unpaired) electrons. The van der Waals surface area contributed by atoms with Gasteiger partial charge in [0.15, 0.2) is 17.1 Å². The van der Waals surface area contributed by atoms with Crippen LogP contribution in [0.5, 0.6) is 11.5 Å². The zero-order valence-electron chi connectivity index (χ0n) is 13.9. The fourth-order valence-corrected chi connectivity index (χ4v) is 3.75. The minimum absolute atomic E-state index is 0.207. The standard InChI is InChI=1S/C17H13N5O4S/c23-14(19-10-1-2-12-13(7-10)26-5-4-25-12)8-22-17(24)21-9-18-11-3-6-27-15(11)16(21)20-22/h1-3,6-7,9H,4-5,8H2,(H,19,23). The van der Waals surface area contributed by atoms with Crippen molar-refractivity contribution in [3.63, 3.8) is 0 Å². The van der Waals surface area contributed by atoms with Gasteiger partial charge in [-0.1, -0.05) is 0 Å². The van der Waals surface area contributed by atoms with Crippen LogP contribution in [-0.4, -0.2) is 38.3 Å². The van der Waals surface area contributed by atoms with E-state index in [4.69, 9.17) is 9.47 Å². The van der Waals surface area contributed by atoms with Gasteiger partial charge in [0.05, 0.1) is 10.2 Å². The molecule has 0 saturated heterocycles. The monoisotopic (exact) mass is 383 g/mol. The fraction of sp³-hybridized carbons (Fsp3) is 0.176. The summed E-state index contributed by atoms with van der Waals surface area (Å²) in [4.78, 5) is 29.1. The SMILES string of the molecule is O=C(Cn1nc2c3sccc3ncn2c1=O)Nc1ccc2c(c1)OCCO2. The highest BCUT2D eigenvalue weighted by Gasteiger charge is 2.16. The first-order valence-electron chi connectivity index (χ1n) is 8.20. The number of ether oxygens (including phenoxy) is 2. The number of aromatic nitrogens is 4. The van der Waals surface area contributed by atoms with Gasteiger partial charge in [0.2, 0.25) is 5.91 Å². The molecular formula is C17H13N5O4S. The van der Waals surface area contributed by atoms with Crippen molar-refractivity contribution in [1.82, 2.24) is 19.2 Å². The molecule has 3 aromatic heterocycles. The highest BCUT2D eigenvalue weighted by molar-refractivity contribution is 7.17. The van der Waals surface area contributed by atoms with Gasteiger partial charge in [-0.3, -0.25) is 4.79 Å². The number of carbonyl (C=O) groups is 1. The van der Waals surface area contributed by atoms with Crippen molar-refractivity contribution >= 4 is 38.8 Å². The Kier molecular flexibility index (Phi) is 3.57. The predicted molar refractivity (Wildman–Crippen MR) is 98.7 cm³/mol. The van der Waals surface area contributed by atoms with Gasteiger partial charge in [-0.05, 0) is 23.6 Å². The first-order valence-corrected chi connectivity index (χ1v) is 9.08. The van der Waals surface area contributed by atoms with Crippen LogP contribution < -0.4 is 20.5 Å². The second-order valence-corrected chi connectivity index (χ2v) is 6.84. The Labute approximate surface area is 155 Å². The number of benzene rings is 1. The molecule has 1 N–H and O–H groups in total. The highest BCUT2D eigenvalue weighted by Crippen LogP contribution is 2.32. The number of hydrogen-bond donors (Lipinski definition) is 1. The molecule has 0 saturated carbocycles. The molecule has 10 heteroatoms. The van der Waals surface area contributed by atoms with E-state index in [9.17, 15) is 9.59 Å². The largest absolute Gasteiger partial charge is 0.486 e. The van der Waals surface area contributed by atoms with E-state index in [0.717, 1.165) is 14.9 Å². The average molecular weight is 383 g/mol. The van der Waals surface area contributed by atoms with Crippen molar-refractivity contribution in [3.05, 3.63) is 46.5 Å². The first kappa shape index (κ1) is 15.8. The van der Waals surface area contributed by atoms with Crippen LogP contribution in [0.1, 0.15) is 0 Å². The number of amides is 1. The number of thiophene rings is 1. The molecule has 136 valence electrons. The molecule has 4 aromatic rings. The maximum absolute atomic E-state index is 12.5. The van der Waals surface area contributed by atoms with E-state index >= 15 is 0 Å². The number of carbonyl (C=O) groups excluding carboxylic acids is 1. The summed E-state index contributed by atoms with van der Waals surface area (Å²) in [5.41, 5.74) is 1.41. The maximum Gasteiger partial charge on any atom is 0.352 e. The summed E-state index contributed by atoms with van der Waals surface area (Å²) in [5, 5.41) is 8.93. The van der Waals surface area contributed by atoms with Gasteiger partial charge in [0.25, 0.3) is 0 Å². The Morgan fingerprint density at radius 2 is 2.07 bits per heavy atom. The summed E-state index contributed by atoms with van der Waals surface area (Å²) in [7, 11) is 0. The third-order valence-electron chi connectivity index (χ3n) is 4.15. The Hall–Kier alpha value is -3.40. The molecule has 1 aliphatic rings. The van der Waals surface area contributed by atoms with Gasteiger partial charge in [-0.25, -0.2) is 18.9 Å². The summed E-state index contributed by atoms with van der Waals surface area (Å²) in [6.45, 7) is 0.760. The quantitative estimate of drug-likeness (QED) is 0.576. The van der Waals surface area contributed by atoms with E-state index in [1.807, 2.05) is 11.4 Å². The van der Waals surface area contributed by atoms with Crippen LogP contribution in [0.2, 0.25) is 0 Å². The third kappa shape index (κ3) is 2.70. The van der Waals surface area contributed by atoms with Gasteiger partial charge in [-0.15, -0.1) is 16.4 Å². The Balaban J connectivity index is 1.41. The lowest BCUT2D eigenvalue weighted by Crippen LogP contribution is -2.28. The molecule has 0 atom stereocenters. The Morgan fingerprint density at radius 1 is 1.22 bits per heavy atom. The summed E-state index contributed by atoms with van der Waals surface area (Å²) < 4.78 is 14.2. The lowest BCUT2D eigenvalue weighted by molar-refractivity contribution is -0.117. The summed E-state index contributed by atoms with van der Waals surface area (Å²) in [6.07, 6.45) is 1.43. The van der Waals surface area contributed by atoms with E-state index < -0.39 is 5.69 Å². The zero-order valence-corrected chi connectivity index (χ0v) is 14.7. The number of hydrogen-bond acceptors (Lipinski definition) is 7. The molecular weight excluding hydrogens is 370 g/mol. The molecule has 0 aliphatic carbocycles. The van der Waals surface area contributed by atoms with Crippen molar-refractivity contribution in [2.75, 3.05) is 18.5 Å². The number of nitrogens with one attached hydrogen (secondary N) is 1. The van der Waals surface area contributed by atoms with Crippen LogP contribution in [0.15, 0.2) is 40.8 Å². The molecule has 0 unspecified atom stereocenters. The van der Waals surface area contributed by atoms with Gasteiger partial charge >= 0.3 is 5.69 Å². The molecule has 1 amide bonds. The molecule has 4 heterocycles. The van der Waals surface area contributed by atoms with Crippen molar-refractivity contribution in [1.29, 1.82) is 0 Å². The Bertz CT molecular complexity index is 1240. The van der Waals surface area contributed by atoms with E-state index in [-0.39, 0.29) is 12.5 Å². The van der Waals surface area contributed by atoms with Crippen molar-refractivity contribution < 1.29 is 14.3 Å². The average Bonchev–Trinajstić information content (AvgIpc) is 3.27. The van der Waals surface area contributed by atoms with E-state index in [1.165, 1.54) is 22.1 Å².